The van der Waals surface area contributed by atoms with Gasteiger partial charge in [0, 0.05) is 13.1 Å². The molecule has 0 fully saturated rings. The van der Waals surface area contributed by atoms with Gasteiger partial charge in [0.2, 0.25) is 0 Å². The number of para-hydroxylation sites is 1. The lowest BCUT2D eigenvalue weighted by Crippen LogP contribution is -2.45. The zero-order valence-corrected chi connectivity index (χ0v) is 12.0. The van der Waals surface area contributed by atoms with Crippen LogP contribution in [0, 0.1) is 5.82 Å². The van der Waals surface area contributed by atoms with Crippen molar-refractivity contribution in [3.63, 3.8) is 0 Å². The largest absolute Gasteiger partial charge is 0.367 e. The van der Waals surface area contributed by atoms with Crippen LogP contribution in [0.2, 0.25) is 0 Å². The van der Waals surface area contributed by atoms with Gasteiger partial charge in [0.15, 0.2) is 0 Å². The number of likely N-dealkylation sites (N-methyl/N-ethyl adjacent to an activating group) is 1. The summed E-state index contributed by atoms with van der Waals surface area (Å²) >= 11 is 0. The van der Waals surface area contributed by atoms with E-state index in [9.17, 15) is 4.39 Å². The number of halogens is 1. The summed E-state index contributed by atoms with van der Waals surface area (Å²) in [6, 6.07) is 16.7. The molecule has 3 heteroatoms. The molecule has 0 amide bonds. The number of hydrogen-bond donors (Lipinski definition) is 1. The maximum Gasteiger partial charge on any atom is 0.146 e. The molecule has 1 atom stereocenters. The fourth-order valence-corrected chi connectivity index (χ4v) is 2.38. The van der Waals surface area contributed by atoms with Crippen LogP contribution < -0.4 is 10.6 Å². The molecule has 106 valence electrons. The van der Waals surface area contributed by atoms with E-state index in [2.05, 4.69) is 0 Å². The highest BCUT2D eigenvalue weighted by Gasteiger charge is 2.25. The van der Waals surface area contributed by atoms with E-state index >= 15 is 0 Å². The van der Waals surface area contributed by atoms with Gasteiger partial charge >= 0.3 is 0 Å². The predicted molar refractivity (Wildman–Crippen MR) is 82.3 cm³/mol. The Morgan fingerprint density at radius 3 is 2.25 bits per heavy atom. The number of nitrogens with two attached hydrogens (primary N) is 1. The monoisotopic (exact) mass is 272 g/mol. The van der Waals surface area contributed by atoms with E-state index in [1.54, 1.807) is 12.1 Å². The topological polar surface area (TPSA) is 29.3 Å². The Labute approximate surface area is 120 Å². The summed E-state index contributed by atoms with van der Waals surface area (Å²) in [4.78, 5) is 1.97. The van der Waals surface area contributed by atoms with Crippen molar-refractivity contribution in [3.05, 3.63) is 66.0 Å². The molecular formula is C17H21FN2. The first-order chi connectivity index (χ1) is 9.54. The first-order valence-electron chi connectivity index (χ1n) is 6.88. The normalized spacial score (nSPS) is 13.8. The molecule has 0 heterocycles. The standard InChI is InChI=1S/C17H21FN2/c1-3-20(16-12-8-7-11-15(16)18)13-17(2,19)14-9-5-4-6-10-14/h4-12H,3,13,19H2,1-2H3. The van der Waals surface area contributed by atoms with Crippen molar-refractivity contribution in [2.24, 2.45) is 5.73 Å². The molecule has 0 aliphatic rings. The van der Waals surface area contributed by atoms with Crippen LogP contribution in [-0.4, -0.2) is 13.1 Å². The second kappa shape index (κ2) is 6.06. The quantitative estimate of drug-likeness (QED) is 0.902. The van der Waals surface area contributed by atoms with Gasteiger partial charge in [-0.05, 0) is 31.5 Å². The highest BCUT2D eigenvalue weighted by Crippen LogP contribution is 2.24. The molecule has 0 spiro atoms. The summed E-state index contributed by atoms with van der Waals surface area (Å²) < 4.78 is 13.9. The average molecular weight is 272 g/mol. The van der Waals surface area contributed by atoms with Crippen LogP contribution in [0.3, 0.4) is 0 Å². The molecule has 2 nitrogen and oxygen atoms in total. The lowest BCUT2D eigenvalue weighted by atomic mass is 9.92. The molecule has 2 rings (SSSR count). The van der Waals surface area contributed by atoms with E-state index in [1.807, 2.05) is 55.1 Å². The molecule has 2 N–H and O–H groups in total. The summed E-state index contributed by atoms with van der Waals surface area (Å²) in [6.07, 6.45) is 0. The van der Waals surface area contributed by atoms with Gasteiger partial charge in [-0.2, -0.15) is 0 Å². The molecule has 0 aliphatic heterocycles. The fraction of sp³-hybridized carbons (Fsp3) is 0.294. The smallest absolute Gasteiger partial charge is 0.146 e. The third-order valence-corrected chi connectivity index (χ3v) is 3.53. The predicted octanol–water partition coefficient (Wildman–Crippen LogP) is 3.53. The maximum atomic E-state index is 13.9. The van der Waals surface area contributed by atoms with Gasteiger partial charge in [0.1, 0.15) is 5.82 Å². The first kappa shape index (κ1) is 14.5. The zero-order valence-electron chi connectivity index (χ0n) is 12.0. The van der Waals surface area contributed by atoms with Crippen LogP contribution >= 0.6 is 0 Å². The van der Waals surface area contributed by atoms with Crippen molar-refractivity contribution < 1.29 is 4.39 Å². The highest BCUT2D eigenvalue weighted by atomic mass is 19.1. The van der Waals surface area contributed by atoms with Crippen LogP contribution in [-0.2, 0) is 5.54 Å². The summed E-state index contributed by atoms with van der Waals surface area (Å²) in [5, 5.41) is 0. The summed E-state index contributed by atoms with van der Waals surface area (Å²) in [7, 11) is 0. The van der Waals surface area contributed by atoms with Crippen LogP contribution in [0.25, 0.3) is 0 Å². The van der Waals surface area contributed by atoms with Crippen molar-refractivity contribution in [3.8, 4) is 0 Å². The number of nitrogens with zero attached hydrogens (tertiary/aromatic N) is 1. The van der Waals surface area contributed by atoms with E-state index in [4.69, 9.17) is 5.73 Å². The third-order valence-electron chi connectivity index (χ3n) is 3.53. The summed E-state index contributed by atoms with van der Waals surface area (Å²) in [5.41, 5.74) is 7.56. The average Bonchev–Trinajstić information content (AvgIpc) is 2.46. The van der Waals surface area contributed by atoms with E-state index < -0.39 is 5.54 Å². The number of anilines is 1. The maximum absolute atomic E-state index is 13.9. The third kappa shape index (κ3) is 3.17. The molecule has 20 heavy (non-hydrogen) atoms. The molecule has 1 unspecified atom stereocenters. The second-order valence-electron chi connectivity index (χ2n) is 5.25. The second-order valence-corrected chi connectivity index (χ2v) is 5.25. The van der Waals surface area contributed by atoms with Crippen molar-refractivity contribution in [2.45, 2.75) is 19.4 Å². The number of benzene rings is 2. The first-order valence-corrected chi connectivity index (χ1v) is 6.88. The van der Waals surface area contributed by atoms with Crippen LogP contribution in [0.1, 0.15) is 19.4 Å². The Morgan fingerprint density at radius 2 is 1.65 bits per heavy atom. The Kier molecular flexibility index (Phi) is 4.40. The molecule has 0 aromatic heterocycles. The number of hydrogen-bond acceptors (Lipinski definition) is 2. The van der Waals surface area contributed by atoms with Gasteiger partial charge in [-0.1, -0.05) is 42.5 Å². The summed E-state index contributed by atoms with van der Waals surface area (Å²) in [5.74, 6) is -0.210. The molecule has 2 aromatic rings. The summed E-state index contributed by atoms with van der Waals surface area (Å²) in [6.45, 7) is 5.26. The SMILES string of the molecule is CCN(CC(C)(N)c1ccccc1)c1ccccc1F. The minimum atomic E-state index is -0.528. The van der Waals surface area contributed by atoms with Crippen LogP contribution in [0.15, 0.2) is 54.6 Å². The van der Waals surface area contributed by atoms with Gasteiger partial charge in [-0.25, -0.2) is 4.39 Å². The van der Waals surface area contributed by atoms with Gasteiger partial charge in [0.05, 0.1) is 11.2 Å². The minimum Gasteiger partial charge on any atom is -0.367 e. The minimum absolute atomic E-state index is 0.210. The molecule has 0 radical (unpaired) electrons. The van der Waals surface area contributed by atoms with Crippen molar-refractivity contribution in [2.75, 3.05) is 18.0 Å². The van der Waals surface area contributed by atoms with Crippen molar-refractivity contribution in [1.29, 1.82) is 0 Å². The lowest BCUT2D eigenvalue weighted by molar-refractivity contribution is 0.481. The van der Waals surface area contributed by atoms with Crippen molar-refractivity contribution >= 4 is 5.69 Å². The van der Waals surface area contributed by atoms with Gasteiger partial charge in [-0.3, -0.25) is 0 Å². The molecular weight excluding hydrogens is 251 g/mol. The van der Waals surface area contributed by atoms with Gasteiger partial charge in [-0.15, -0.1) is 0 Å². The molecule has 0 bridgehead atoms. The highest BCUT2D eigenvalue weighted by molar-refractivity contribution is 5.48. The number of rotatable bonds is 5. The Hall–Kier alpha value is -1.87. The molecule has 0 aliphatic carbocycles. The Balaban J connectivity index is 2.24. The lowest BCUT2D eigenvalue weighted by Gasteiger charge is -2.34. The van der Waals surface area contributed by atoms with Gasteiger partial charge in [0.25, 0.3) is 0 Å². The zero-order chi connectivity index (χ0) is 14.6. The Bertz CT molecular complexity index is 552. The van der Waals surface area contributed by atoms with Crippen LogP contribution in [0.5, 0.6) is 0 Å². The Morgan fingerprint density at radius 1 is 1.05 bits per heavy atom. The molecule has 0 saturated heterocycles. The van der Waals surface area contributed by atoms with E-state index in [1.165, 1.54) is 6.07 Å². The molecule has 2 aromatic carbocycles. The fourth-order valence-electron chi connectivity index (χ4n) is 2.38. The van der Waals surface area contributed by atoms with Crippen molar-refractivity contribution in [1.82, 2.24) is 0 Å². The van der Waals surface area contributed by atoms with E-state index in [-0.39, 0.29) is 5.82 Å². The molecule has 0 saturated carbocycles. The van der Waals surface area contributed by atoms with Gasteiger partial charge < -0.3 is 10.6 Å². The van der Waals surface area contributed by atoms with E-state index in [0.29, 0.717) is 18.8 Å². The van der Waals surface area contributed by atoms with E-state index in [0.717, 1.165) is 5.56 Å². The van der Waals surface area contributed by atoms with Crippen LogP contribution in [0.4, 0.5) is 10.1 Å².